The van der Waals surface area contributed by atoms with Gasteiger partial charge in [-0.25, -0.2) is 0 Å². The van der Waals surface area contributed by atoms with Crippen LogP contribution in [0.1, 0.15) is 73.1 Å². The lowest BCUT2D eigenvalue weighted by Gasteiger charge is -2.15. The molecule has 0 saturated heterocycles. The van der Waals surface area contributed by atoms with Crippen molar-refractivity contribution in [2.45, 2.75) is 52.4 Å². The van der Waals surface area contributed by atoms with Crippen molar-refractivity contribution >= 4 is 34.8 Å². The maximum absolute atomic E-state index is 12.8. The zero-order valence-electron chi connectivity index (χ0n) is 18.9. The molecule has 0 aliphatic carbocycles. The number of amides is 2. The lowest BCUT2D eigenvalue weighted by molar-refractivity contribution is 0.0951. The summed E-state index contributed by atoms with van der Waals surface area (Å²) in [6.45, 7) is 5.40. The molecule has 0 heterocycles. The lowest BCUT2D eigenvalue weighted by Crippen LogP contribution is -2.35. The molecule has 0 unspecified atom stereocenters. The zero-order chi connectivity index (χ0) is 23.2. The quantitative estimate of drug-likeness (QED) is 0.299. The van der Waals surface area contributed by atoms with E-state index < -0.39 is 0 Å². The van der Waals surface area contributed by atoms with Gasteiger partial charge in [0.2, 0.25) is 0 Å². The molecule has 0 fully saturated rings. The molecule has 0 bridgehead atoms. The van der Waals surface area contributed by atoms with Gasteiger partial charge < -0.3 is 15.4 Å². The Bertz CT molecular complexity index is 902. The third-order valence-electron chi connectivity index (χ3n) is 4.85. The van der Waals surface area contributed by atoms with E-state index in [1.807, 2.05) is 6.07 Å². The fourth-order valence-electron chi connectivity index (χ4n) is 3.08. The molecule has 0 radical (unpaired) electrons. The van der Waals surface area contributed by atoms with Crippen LogP contribution in [0.5, 0.6) is 5.75 Å². The predicted molar refractivity (Wildman–Crippen MR) is 133 cm³/mol. The van der Waals surface area contributed by atoms with Gasteiger partial charge in [0.1, 0.15) is 5.75 Å². The summed E-state index contributed by atoms with van der Waals surface area (Å²) >= 11 is 5.33. The van der Waals surface area contributed by atoms with Gasteiger partial charge in [-0.05, 0) is 49.3 Å². The van der Waals surface area contributed by atoms with Gasteiger partial charge in [-0.2, -0.15) is 0 Å². The van der Waals surface area contributed by atoms with Crippen LogP contribution in [0.3, 0.4) is 0 Å². The van der Waals surface area contributed by atoms with Crippen LogP contribution >= 0.6 is 12.2 Å². The van der Waals surface area contributed by atoms with Crippen molar-refractivity contribution in [2.75, 3.05) is 18.5 Å². The van der Waals surface area contributed by atoms with E-state index in [4.69, 9.17) is 17.0 Å². The van der Waals surface area contributed by atoms with Crippen molar-refractivity contribution < 1.29 is 14.3 Å². The monoisotopic (exact) mass is 455 g/mol. The van der Waals surface area contributed by atoms with Crippen LogP contribution < -0.4 is 20.7 Å². The molecule has 0 aliphatic rings. The summed E-state index contributed by atoms with van der Waals surface area (Å²) in [5.74, 6) is -0.0194. The molecule has 6 nitrogen and oxygen atoms in total. The Morgan fingerprint density at radius 1 is 0.844 bits per heavy atom. The van der Waals surface area contributed by atoms with E-state index in [1.165, 1.54) is 6.42 Å². The smallest absolute Gasteiger partial charge is 0.261 e. The van der Waals surface area contributed by atoms with Gasteiger partial charge >= 0.3 is 0 Å². The second kappa shape index (κ2) is 14.2. The Morgan fingerprint density at radius 3 is 2.28 bits per heavy atom. The second-order valence-corrected chi connectivity index (χ2v) is 7.88. The molecule has 172 valence electrons. The Balaban J connectivity index is 1.98. The molecular formula is C25H33N3O3S. The molecule has 0 spiro atoms. The molecule has 2 rings (SSSR count). The van der Waals surface area contributed by atoms with Crippen molar-refractivity contribution in [1.82, 2.24) is 10.6 Å². The Hall–Kier alpha value is -2.93. The summed E-state index contributed by atoms with van der Waals surface area (Å²) in [6, 6.07) is 14.2. The molecule has 7 heteroatoms. The molecule has 0 atom stereocenters. The standard InChI is InChI=1S/C25H33N3O3S/c1-3-5-7-12-18-31-22-16-11-9-14-20(22)24(30)28-25(32)27-21-15-10-8-13-19(21)23(29)26-17-6-4-2/h8-11,13-16H,3-7,12,17-18H2,1-2H3,(H,26,29)(H2,27,28,30,32). The molecule has 32 heavy (non-hydrogen) atoms. The Kier molecular flexibility index (Phi) is 11.2. The van der Waals surface area contributed by atoms with E-state index in [9.17, 15) is 9.59 Å². The second-order valence-electron chi connectivity index (χ2n) is 7.47. The number of hydrogen-bond donors (Lipinski definition) is 3. The normalized spacial score (nSPS) is 10.3. The third-order valence-corrected chi connectivity index (χ3v) is 5.05. The molecular weight excluding hydrogens is 422 g/mol. The number of para-hydroxylation sites is 2. The van der Waals surface area contributed by atoms with Gasteiger partial charge in [0, 0.05) is 6.54 Å². The summed E-state index contributed by atoms with van der Waals surface area (Å²) in [5.41, 5.74) is 1.42. The third kappa shape index (κ3) is 8.30. The Labute approximate surface area is 196 Å². The van der Waals surface area contributed by atoms with Crippen molar-refractivity contribution in [3.05, 3.63) is 59.7 Å². The van der Waals surface area contributed by atoms with Crippen molar-refractivity contribution in [3.8, 4) is 5.75 Å². The summed E-state index contributed by atoms with van der Waals surface area (Å²) in [7, 11) is 0. The molecule has 0 aromatic heterocycles. The van der Waals surface area contributed by atoms with Crippen LogP contribution in [0.15, 0.2) is 48.5 Å². The van der Waals surface area contributed by atoms with Gasteiger partial charge in [-0.3, -0.25) is 14.9 Å². The van der Waals surface area contributed by atoms with Crippen LogP contribution in [-0.2, 0) is 0 Å². The summed E-state index contributed by atoms with van der Waals surface area (Å²) in [6.07, 6.45) is 6.29. The molecule has 2 aromatic rings. The van der Waals surface area contributed by atoms with Crippen molar-refractivity contribution in [1.29, 1.82) is 0 Å². The number of nitrogens with one attached hydrogen (secondary N) is 3. The van der Waals surface area contributed by atoms with Gasteiger partial charge in [-0.1, -0.05) is 63.8 Å². The molecule has 2 aromatic carbocycles. The molecule has 2 amide bonds. The van der Waals surface area contributed by atoms with Gasteiger partial charge in [-0.15, -0.1) is 0 Å². The highest BCUT2D eigenvalue weighted by atomic mass is 32.1. The molecule has 0 saturated carbocycles. The van der Waals surface area contributed by atoms with E-state index in [2.05, 4.69) is 29.8 Å². The van der Waals surface area contributed by atoms with E-state index in [0.717, 1.165) is 32.1 Å². The van der Waals surface area contributed by atoms with E-state index >= 15 is 0 Å². The first kappa shape index (κ1) is 25.3. The number of unbranched alkanes of at least 4 members (excludes halogenated alkanes) is 4. The number of benzene rings is 2. The SMILES string of the molecule is CCCCCCOc1ccccc1C(=O)NC(=S)Nc1ccccc1C(=O)NCCCC. The number of ether oxygens (including phenoxy) is 1. The van der Waals surface area contributed by atoms with Crippen molar-refractivity contribution in [2.24, 2.45) is 0 Å². The van der Waals surface area contributed by atoms with E-state index in [-0.39, 0.29) is 16.9 Å². The van der Waals surface area contributed by atoms with Gasteiger partial charge in [0.05, 0.1) is 23.4 Å². The number of rotatable bonds is 12. The number of carbonyl (C=O) groups is 2. The molecule has 3 N–H and O–H groups in total. The topological polar surface area (TPSA) is 79.5 Å². The fraction of sp³-hybridized carbons (Fsp3) is 0.400. The summed E-state index contributed by atoms with van der Waals surface area (Å²) in [5, 5.41) is 8.66. The summed E-state index contributed by atoms with van der Waals surface area (Å²) < 4.78 is 5.82. The highest BCUT2D eigenvalue weighted by Gasteiger charge is 2.16. The first-order chi connectivity index (χ1) is 15.6. The zero-order valence-corrected chi connectivity index (χ0v) is 19.7. The fourth-order valence-corrected chi connectivity index (χ4v) is 3.28. The number of carbonyl (C=O) groups excluding carboxylic acids is 2. The minimum absolute atomic E-state index is 0.113. The van der Waals surface area contributed by atoms with Crippen LogP contribution in [0.25, 0.3) is 0 Å². The largest absolute Gasteiger partial charge is 0.493 e. The van der Waals surface area contributed by atoms with Crippen LogP contribution in [0, 0.1) is 0 Å². The van der Waals surface area contributed by atoms with Crippen molar-refractivity contribution in [3.63, 3.8) is 0 Å². The average Bonchev–Trinajstić information content (AvgIpc) is 2.79. The first-order valence-electron chi connectivity index (χ1n) is 11.3. The average molecular weight is 456 g/mol. The molecule has 0 aliphatic heterocycles. The number of thiocarbonyl (C=S) groups is 1. The summed E-state index contributed by atoms with van der Waals surface area (Å²) in [4.78, 5) is 25.3. The Morgan fingerprint density at radius 2 is 1.53 bits per heavy atom. The van der Waals surface area contributed by atoms with E-state index in [1.54, 1.807) is 42.5 Å². The van der Waals surface area contributed by atoms with Gasteiger partial charge in [0.25, 0.3) is 11.8 Å². The minimum atomic E-state index is -0.364. The highest BCUT2D eigenvalue weighted by Crippen LogP contribution is 2.19. The number of anilines is 1. The number of hydrogen-bond acceptors (Lipinski definition) is 4. The van der Waals surface area contributed by atoms with Gasteiger partial charge in [0.15, 0.2) is 5.11 Å². The maximum Gasteiger partial charge on any atom is 0.261 e. The minimum Gasteiger partial charge on any atom is -0.493 e. The lowest BCUT2D eigenvalue weighted by atomic mass is 10.1. The maximum atomic E-state index is 12.8. The van der Waals surface area contributed by atoms with Crippen LogP contribution in [0.2, 0.25) is 0 Å². The first-order valence-corrected chi connectivity index (χ1v) is 11.7. The van der Waals surface area contributed by atoms with E-state index in [0.29, 0.717) is 35.7 Å². The predicted octanol–water partition coefficient (Wildman–Crippen LogP) is 5.30. The van der Waals surface area contributed by atoms with Crippen LogP contribution in [0.4, 0.5) is 5.69 Å². The van der Waals surface area contributed by atoms with Crippen LogP contribution in [-0.4, -0.2) is 30.1 Å². The highest BCUT2D eigenvalue weighted by molar-refractivity contribution is 7.80.